The Labute approximate surface area is 155 Å². The molecule has 138 valence electrons. The number of amides is 1. The standard InChI is InChI=1S/C21H28N4O/c26-21(16-25-20(8-12-23-25)19-7-4-11-22-15-19)24-13-9-18(10-14-24)17-5-2-1-3-6-17/h1-3,5-6,8,12,18-19,22H,4,7,9-11,13-16H2/t19-/m1/s1. The molecule has 3 heterocycles. The van der Waals surface area contributed by atoms with Crippen molar-refractivity contribution in [2.24, 2.45) is 0 Å². The van der Waals surface area contributed by atoms with Gasteiger partial charge in [-0.05, 0) is 49.8 Å². The number of benzene rings is 1. The Morgan fingerprint density at radius 1 is 1.08 bits per heavy atom. The quantitative estimate of drug-likeness (QED) is 0.920. The Bertz CT molecular complexity index is 713. The van der Waals surface area contributed by atoms with Gasteiger partial charge in [-0.15, -0.1) is 0 Å². The first-order chi connectivity index (χ1) is 12.8. The van der Waals surface area contributed by atoms with E-state index in [0.717, 1.165) is 39.0 Å². The van der Waals surface area contributed by atoms with Crippen molar-refractivity contribution in [1.29, 1.82) is 0 Å². The van der Waals surface area contributed by atoms with Crippen LogP contribution >= 0.6 is 0 Å². The van der Waals surface area contributed by atoms with Crippen molar-refractivity contribution < 1.29 is 4.79 Å². The number of likely N-dealkylation sites (tertiary alicyclic amines) is 1. The highest BCUT2D eigenvalue weighted by molar-refractivity contribution is 5.76. The van der Waals surface area contributed by atoms with Crippen LogP contribution in [0.2, 0.25) is 0 Å². The Balaban J connectivity index is 1.34. The van der Waals surface area contributed by atoms with Gasteiger partial charge >= 0.3 is 0 Å². The summed E-state index contributed by atoms with van der Waals surface area (Å²) in [6.07, 6.45) is 6.30. The molecule has 2 saturated heterocycles. The molecule has 26 heavy (non-hydrogen) atoms. The second kappa shape index (κ2) is 8.04. The minimum Gasteiger partial charge on any atom is -0.341 e. The smallest absolute Gasteiger partial charge is 0.244 e. The molecule has 5 nitrogen and oxygen atoms in total. The summed E-state index contributed by atoms with van der Waals surface area (Å²) < 4.78 is 1.92. The van der Waals surface area contributed by atoms with E-state index in [4.69, 9.17) is 0 Å². The van der Waals surface area contributed by atoms with Crippen LogP contribution < -0.4 is 5.32 Å². The fourth-order valence-electron chi connectivity index (χ4n) is 4.34. The van der Waals surface area contributed by atoms with E-state index in [0.29, 0.717) is 18.4 Å². The van der Waals surface area contributed by atoms with Gasteiger partial charge in [-0.25, -0.2) is 0 Å². The highest BCUT2D eigenvalue weighted by Crippen LogP contribution is 2.28. The molecule has 2 aromatic rings. The molecule has 0 bridgehead atoms. The first-order valence-corrected chi connectivity index (χ1v) is 9.86. The van der Waals surface area contributed by atoms with Gasteiger partial charge in [-0.3, -0.25) is 9.48 Å². The van der Waals surface area contributed by atoms with Crippen LogP contribution in [-0.2, 0) is 11.3 Å². The Morgan fingerprint density at radius 3 is 2.62 bits per heavy atom. The fraction of sp³-hybridized carbons (Fsp3) is 0.524. The van der Waals surface area contributed by atoms with Crippen LogP contribution in [0.1, 0.15) is 48.8 Å². The lowest BCUT2D eigenvalue weighted by Crippen LogP contribution is -2.40. The third-order valence-corrected chi connectivity index (χ3v) is 5.87. The molecule has 0 radical (unpaired) electrons. The molecule has 0 aliphatic carbocycles. The highest BCUT2D eigenvalue weighted by Gasteiger charge is 2.25. The predicted molar refractivity (Wildman–Crippen MR) is 102 cm³/mol. The third kappa shape index (κ3) is 3.83. The van der Waals surface area contributed by atoms with Crippen LogP contribution in [-0.4, -0.2) is 46.8 Å². The van der Waals surface area contributed by atoms with Gasteiger partial charge < -0.3 is 10.2 Å². The zero-order chi connectivity index (χ0) is 17.8. The third-order valence-electron chi connectivity index (χ3n) is 5.87. The van der Waals surface area contributed by atoms with Gasteiger partial charge in [0.2, 0.25) is 5.91 Å². The molecule has 5 heteroatoms. The Hall–Kier alpha value is -2.14. The zero-order valence-corrected chi connectivity index (χ0v) is 15.3. The van der Waals surface area contributed by atoms with Gasteiger partial charge in [-0.1, -0.05) is 30.3 Å². The summed E-state index contributed by atoms with van der Waals surface area (Å²) in [6, 6.07) is 12.8. The van der Waals surface area contributed by atoms with Crippen LogP contribution in [0.5, 0.6) is 0 Å². The van der Waals surface area contributed by atoms with Gasteiger partial charge in [0.15, 0.2) is 0 Å². The minimum atomic E-state index is 0.199. The van der Waals surface area contributed by atoms with Gasteiger partial charge in [0.1, 0.15) is 6.54 Å². The molecule has 1 amide bonds. The molecular formula is C21H28N4O. The summed E-state index contributed by atoms with van der Waals surface area (Å²) >= 11 is 0. The summed E-state index contributed by atoms with van der Waals surface area (Å²) in [4.78, 5) is 14.8. The van der Waals surface area contributed by atoms with Crippen molar-refractivity contribution in [1.82, 2.24) is 20.0 Å². The van der Waals surface area contributed by atoms with Crippen LogP contribution in [0.3, 0.4) is 0 Å². The predicted octanol–water partition coefficient (Wildman–Crippen LogP) is 2.76. The molecule has 1 N–H and O–H groups in total. The van der Waals surface area contributed by atoms with Gasteiger partial charge in [0.05, 0.1) is 0 Å². The number of piperidine rings is 2. The average Bonchev–Trinajstić information content (AvgIpc) is 3.17. The average molecular weight is 352 g/mol. The topological polar surface area (TPSA) is 50.2 Å². The largest absolute Gasteiger partial charge is 0.341 e. The molecule has 0 saturated carbocycles. The van der Waals surface area contributed by atoms with E-state index < -0.39 is 0 Å². The highest BCUT2D eigenvalue weighted by atomic mass is 16.2. The van der Waals surface area contributed by atoms with Crippen LogP contribution in [0.25, 0.3) is 0 Å². The second-order valence-electron chi connectivity index (χ2n) is 7.52. The van der Waals surface area contributed by atoms with Crippen LogP contribution in [0.15, 0.2) is 42.6 Å². The molecule has 0 unspecified atom stereocenters. The zero-order valence-electron chi connectivity index (χ0n) is 15.3. The number of hydrogen-bond donors (Lipinski definition) is 1. The fourth-order valence-corrected chi connectivity index (χ4v) is 4.34. The summed E-state index contributed by atoms with van der Waals surface area (Å²) in [5, 5.41) is 7.88. The molecule has 2 aliphatic heterocycles. The van der Waals surface area contributed by atoms with Crippen molar-refractivity contribution in [3.63, 3.8) is 0 Å². The number of nitrogens with zero attached hydrogens (tertiary/aromatic N) is 3. The maximum Gasteiger partial charge on any atom is 0.244 e. The van der Waals surface area contributed by atoms with Crippen LogP contribution in [0.4, 0.5) is 0 Å². The summed E-state index contributed by atoms with van der Waals surface area (Å²) in [5.41, 5.74) is 2.60. The monoisotopic (exact) mass is 352 g/mol. The van der Waals surface area contributed by atoms with E-state index in [-0.39, 0.29) is 5.91 Å². The molecular weight excluding hydrogens is 324 g/mol. The minimum absolute atomic E-state index is 0.199. The normalized spacial score (nSPS) is 21.7. The summed E-state index contributed by atoms with van der Waals surface area (Å²) in [5.74, 6) is 1.25. The first-order valence-electron chi connectivity index (χ1n) is 9.86. The van der Waals surface area contributed by atoms with Gasteiger partial charge in [0, 0.05) is 37.4 Å². The van der Waals surface area contributed by atoms with E-state index in [1.807, 2.05) is 15.8 Å². The molecule has 1 aromatic carbocycles. The summed E-state index contributed by atoms with van der Waals surface area (Å²) in [6.45, 7) is 4.15. The number of aromatic nitrogens is 2. The van der Waals surface area contributed by atoms with Crippen molar-refractivity contribution >= 4 is 5.91 Å². The molecule has 2 fully saturated rings. The van der Waals surface area contributed by atoms with E-state index in [9.17, 15) is 4.79 Å². The molecule has 0 spiro atoms. The maximum atomic E-state index is 12.8. The van der Waals surface area contributed by atoms with E-state index >= 15 is 0 Å². The van der Waals surface area contributed by atoms with Crippen molar-refractivity contribution in [2.75, 3.05) is 26.2 Å². The number of nitrogens with one attached hydrogen (secondary N) is 1. The molecule has 1 atom stereocenters. The summed E-state index contributed by atoms with van der Waals surface area (Å²) in [7, 11) is 0. The van der Waals surface area contributed by atoms with Gasteiger partial charge in [-0.2, -0.15) is 5.10 Å². The van der Waals surface area contributed by atoms with E-state index in [1.54, 1.807) is 0 Å². The molecule has 4 rings (SSSR count). The maximum absolute atomic E-state index is 12.8. The van der Waals surface area contributed by atoms with Crippen LogP contribution in [0, 0.1) is 0 Å². The molecule has 1 aromatic heterocycles. The lowest BCUT2D eigenvalue weighted by Gasteiger charge is -2.32. The lowest BCUT2D eigenvalue weighted by molar-refractivity contribution is -0.133. The second-order valence-corrected chi connectivity index (χ2v) is 7.52. The number of carbonyl (C=O) groups excluding carboxylic acids is 1. The van der Waals surface area contributed by atoms with Crippen molar-refractivity contribution in [2.45, 2.75) is 44.1 Å². The number of hydrogen-bond acceptors (Lipinski definition) is 3. The molecule has 2 aliphatic rings. The first kappa shape index (κ1) is 17.3. The van der Waals surface area contributed by atoms with Gasteiger partial charge in [0.25, 0.3) is 0 Å². The van der Waals surface area contributed by atoms with Crippen molar-refractivity contribution in [3.05, 3.63) is 53.9 Å². The Kier molecular flexibility index (Phi) is 5.34. The van der Waals surface area contributed by atoms with Crippen molar-refractivity contribution in [3.8, 4) is 0 Å². The lowest BCUT2D eigenvalue weighted by atomic mass is 9.89. The Morgan fingerprint density at radius 2 is 1.88 bits per heavy atom. The number of carbonyl (C=O) groups is 1. The number of rotatable bonds is 4. The van der Waals surface area contributed by atoms with E-state index in [2.05, 4.69) is 46.8 Å². The van der Waals surface area contributed by atoms with E-state index in [1.165, 1.54) is 24.1 Å². The SMILES string of the molecule is O=C(Cn1nccc1[C@@H]1CCCNC1)N1CCC(c2ccccc2)CC1.